The first-order valence-electron chi connectivity index (χ1n) is 10.6. The van der Waals surface area contributed by atoms with Crippen molar-refractivity contribution in [3.63, 3.8) is 0 Å². The molecule has 8 heteroatoms. The van der Waals surface area contributed by atoms with Crippen LogP contribution in [0.1, 0.15) is 24.0 Å². The lowest BCUT2D eigenvalue weighted by atomic mass is 10.1. The van der Waals surface area contributed by atoms with E-state index in [1.165, 1.54) is 5.56 Å². The molecule has 1 N–H and O–H groups in total. The standard InChI is InChI=1S/C22H29N5O2S/c1-16-5-3-6-18(17(16)2)24-20(28)15-25-10-12-26(13-11-25)21(29)19-7-4-9-27(19)22-23-8-14-30-22/h3,5-6,8,14,19H,4,7,9-13,15H2,1-2H3,(H,24,28). The Bertz CT molecular complexity index is 893. The molecule has 0 spiro atoms. The molecule has 1 aromatic carbocycles. The van der Waals surface area contributed by atoms with E-state index in [-0.39, 0.29) is 17.9 Å². The molecule has 0 bridgehead atoms. The number of piperazine rings is 1. The van der Waals surface area contributed by atoms with Gasteiger partial charge in [0.25, 0.3) is 0 Å². The number of hydrogen-bond acceptors (Lipinski definition) is 6. The van der Waals surface area contributed by atoms with Gasteiger partial charge in [0.2, 0.25) is 11.8 Å². The fourth-order valence-electron chi connectivity index (χ4n) is 4.23. The van der Waals surface area contributed by atoms with Crippen molar-refractivity contribution >= 4 is 34.0 Å². The van der Waals surface area contributed by atoms with Crippen LogP contribution < -0.4 is 10.2 Å². The fourth-order valence-corrected chi connectivity index (χ4v) is 4.95. The molecule has 2 aromatic rings. The van der Waals surface area contributed by atoms with Crippen molar-refractivity contribution in [2.24, 2.45) is 0 Å². The van der Waals surface area contributed by atoms with Crippen molar-refractivity contribution in [2.45, 2.75) is 32.7 Å². The summed E-state index contributed by atoms with van der Waals surface area (Å²) in [6.07, 6.45) is 3.70. The van der Waals surface area contributed by atoms with Gasteiger partial charge in [0.1, 0.15) is 6.04 Å². The van der Waals surface area contributed by atoms with Gasteiger partial charge in [-0.1, -0.05) is 12.1 Å². The van der Waals surface area contributed by atoms with Crippen LogP contribution in [0.25, 0.3) is 0 Å². The first-order valence-corrected chi connectivity index (χ1v) is 11.4. The van der Waals surface area contributed by atoms with Gasteiger partial charge in [0.05, 0.1) is 6.54 Å². The maximum Gasteiger partial charge on any atom is 0.245 e. The van der Waals surface area contributed by atoms with Gasteiger partial charge in [0.15, 0.2) is 5.13 Å². The molecule has 2 amide bonds. The lowest BCUT2D eigenvalue weighted by Gasteiger charge is -2.37. The van der Waals surface area contributed by atoms with Crippen LogP contribution in [0.15, 0.2) is 29.8 Å². The number of anilines is 2. The van der Waals surface area contributed by atoms with E-state index >= 15 is 0 Å². The molecule has 0 saturated carbocycles. The summed E-state index contributed by atoms with van der Waals surface area (Å²) in [4.78, 5) is 36.2. The predicted molar refractivity (Wildman–Crippen MR) is 120 cm³/mol. The number of amides is 2. The third-order valence-electron chi connectivity index (χ3n) is 6.13. The Kier molecular flexibility index (Phi) is 6.34. The number of benzene rings is 1. The number of rotatable bonds is 5. The molecule has 0 radical (unpaired) electrons. The zero-order chi connectivity index (χ0) is 21.1. The summed E-state index contributed by atoms with van der Waals surface area (Å²) < 4.78 is 0. The highest BCUT2D eigenvalue weighted by molar-refractivity contribution is 7.13. The van der Waals surface area contributed by atoms with Crippen molar-refractivity contribution < 1.29 is 9.59 Å². The van der Waals surface area contributed by atoms with Crippen molar-refractivity contribution in [3.05, 3.63) is 40.9 Å². The number of carbonyl (C=O) groups excluding carboxylic acids is 2. The molecule has 1 unspecified atom stereocenters. The number of aryl methyl sites for hydroxylation is 1. The molecule has 0 aliphatic carbocycles. The second-order valence-corrected chi connectivity index (χ2v) is 8.94. The Labute approximate surface area is 181 Å². The van der Waals surface area contributed by atoms with Gasteiger partial charge in [0, 0.05) is 50.0 Å². The summed E-state index contributed by atoms with van der Waals surface area (Å²) in [5.41, 5.74) is 3.14. The monoisotopic (exact) mass is 427 g/mol. The van der Waals surface area contributed by atoms with Crippen molar-refractivity contribution in [2.75, 3.05) is 49.5 Å². The minimum Gasteiger partial charge on any atom is -0.338 e. The molecule has 30 heavy (non-hydrogen) atoms. The molecule has 160 valence electrons. The van der Waals surface area contributed by atoms with Crippen LogP contribution in [0.5, 0.6) is 0 Å². The highest BCUT2D eigenvalue weighted by Crippen LogP contribution is 2.28. The second kappa shape index (κ2) is 9.14. The number of nitrogens with one attached hydrogen (secondary N) is 1. The SMILES string of the molecule is Cc1cccc(NC(=O)CN2CCN(C(=O)C3CCCN3c3nccs3)CC2)c1C. The predicted octanol–water partition coefficient (Wildman–Crippen LogP) is 2.51. The van der Waals surface area contributed by atoms with Gasteiger partial charge < -0.3 is 15.1 Å². The van der Waals surface area contributed by atoms with Crippen LogP contribution in [-0.2, 0) is 9.59 Å². The summed E-state index contributed by atoms with van der Waals surface area (Å²) in [7, 11) is 0. The van der Waals surface area contributed by atoms with E-state index in [1.54, 1.807) is 17.5 Å². The van der Waals surface area contributed by atoms with E-state index in [9.17, 15) is 9.59 Å². The number of carbonyl (C=O) groups is 2. The van der Waals surface area contributed by atoms with Crippen LogP contribution in [0.4, 0.5) is 10.8 Å². The lowest BCUT2D eigenvalue weighted by Crippen LogP contribution is -2.54. The third kappa shape index (κ3) is 4.49. The van der Waals surface area contributed by atoms with E-state index in [0.717, 1.165) is 48.9 Å². The van der Waals surface area contributed by atoms with Crippen LogP contribution in [0.3, 0.4) is 0 Å². The molecular weight excluding hydrogens is 398 g/mol. The second-order valence-electron chi connectivity index (χ2n) is 8.06. The zero-order valence-corrected chi connectivity index (χ0v) is 18.5. The van der Waals surface area contributed by atoms with E-state index in [4.69, 9.17) is 0 Å². The topological polar surface area (TPSA) is 68.8 Å². The molecule has 2 saturated heterocycles. The van der Waals surface area contributed by atoms with Gasteiger partial charge in [-0.25, -0.2) is 4.98 Å². The Balaban J connectivity index is 1.28. The van der Waals surface area contributed by atoms with Crippen LogP contribution in [-0.4, -0.2) is 71.9 Å². The Morgan fingerprint density at radius 1 is 1.17 bits per heavy atom. The number of nitrogens with zero attached hydrogens (tertiary/aromatic N) is 4. The maximum absolute atomic E-state index is 13.1. The van der Waals surface area contributed by atoms with Crippen molar-refractivity contribution in [1.82, 2.24) is 14.8 Å². The summed E-state index contributed by atoms with van der Waals surface area (Å²) in [6.45, 7) is 8.07. The molecule has 2 fully saturated rings. The molecule has 4 rings (SSSR count). The highest BCUT2D eigenvalue weighted by Gasteiger charge is 2.36. The lowest BCUT2D eigenvalue weighted by molar-refractivity contribution is -0.134. The Hall–Kier alpha value is -2.45. The molecule has 2 aliphatic heterocycles. The average molecular weight is 428 g/mol. The van der Waals surface area contributed by atoms with Gasteiger partial charge in [-0.15, -0.1) is 11.3 Å². The van der Waals surface area contributed by atoms with Gasteiger partial charge >= 0.3 is 0 Å². The van der Waals surface area contributed by atoms with Crippen LogP contribution in [0, 0.1) is 13.8 Å². The maximum atomic E-state index is 13.1. The first-order chi connectivity index (χ1) is 14.5. The molecular formula is C22H29N5O2S. The fraction of sp³-hybridized carbons (Fsp3) is 0.500. The smallest absolute Gasteiger partial charge is 0.245 e. The van der Waals surface area contributed by atoms with E-state index < -0.39 is 0 Å². The summed E-state index contributed by atoms with van der Waals surface area (Å²) in [5, 5.41) is 5.92. The van der Waals surface area contributed by atoms with Crippen LogP contribution in [0.2, 0.25) is 0 Å². The summed E-state index contributed by atoms with van der Waals surface area (Å²) >= 11 is 1.59. The van der Waals surface area contributed by atoms with Crippen molar-refractivity contribution in [1.29, 1.82) is 0 Å². The Morgan fingerprint density at radius 3 is 2.70 bits per heavy atom. The minimum absolute atomic E-state index is 0.00536. The van der Waals surface area contributed by atoms with E-state index in [0.29, 0.717) is 19.6 Å². The Morgan fingerprint density at radius 2 is 1.97 bits per heavy atom. The minimum atomic E-state index is -0.102. The summed E-state index contributed by atoms with van der Waals surface area (Å²) in [6, 6.07) is 5.84. The van der Waals surface area contributed by atoms with Gasteiger partial charge in [-0.3, -0.25) is 14.5 Å². The third-order valence-corrected chi connectivity index (χ3v) is 6.94. The van der Waals surface area contributed by atoms with E-state index in [1.807, 2.05) is 42.3 Å². The molecule has 1 aromatic heterocycles. The number of thiazole rings is 1. The molecule has 3 heterocycles. The number of hydrogen-bond donors (Lipinski definition) is 1. The molecule has 1 atom stereocenters. The first kappa shape index (κ1) is 20.8. The number of aromatic nitrogens is 1. The van der Waals surface area contributed by atoms with Gasteiger partial charge in [-0.2, -0.15) is 0 Å². The normalized spacial score (nSPS) is 19.9. The quantitative estimate of drug-likeness (QED) is 0.794. The average Bonchev–Trinajstić information content (AvgIpc) is 3.43. The zero-order valence-electron chi connectivity index (χ0n) is 17.6. The van der Waals surface area contributed by atoms with Crippen molar-refractivity contribution in [3.8, 4) is 0 Å². The molecule has 2 aliphatic rings. The molecule has 7 nitrogen and oxygen atoms in total. The van der Waals surface area contributed by atoms with E-state index in [2.05, 4.69) is 20.1 Å². The largest absolute Gasteiger partial charge is 0.338 e. The van der Waals surface area contributed by atoms with Gasteiger partial charge in [-0.05, 0) is 43.9 Å². The van der Waals surface area contributed by atoms with Crippen LogP contribution >= 0.6 is 11.3 Å². The summed E-state index contributed by atoms with van der Waals surface area (Å²) in [5.74, 6) is 0.191. The highest BCUT2D eigenvalue weighted by atomic mass is 32.1.